The van der Waals surface area contributed by atoms with Gasteiger partial charge in [0.05, 0.1) is 20.1 Å². The van der Waals surface area contributed by atoms with Crippen LogP contribution < -0.4 is 10.1 Å². The van der Waals surface area contributed by atoms with Crippen LogP contribution in [0.15, 0.2) is 42.5 Å². The number of methoxy groups -OCH3 is 1. The third-order valence-corrected chi connectivity index (χ3v) is 4.01. The van der Waals surface area contributed by atoms with Gasteiger partial charge >= 0.3 is 0 Å². The molecular weight excluding hydrogens is 316 g/mol. The van der Waals surface area contributed by atoms with Crippen LogP contribution in [-0.4, -0.2) is 37.4 Å². The van der Waals surface area contributed by atoms with E-state index < -0.39 is 0 Å². The van der Waals surface area contributed by atoms with Crippen LogP contribution in [0, 0.1) is 13.8 Å². The van der Waals surface area contributed by atoms with Gasteiger partial charge in [0.2, 0.25) is 11.8 Å². The Kier molecular flexibility index (Phi) is 6.17. The highest BCUT2D eigenvalue weighted by Gasteiger charge is 2.16. The van der Waals surface area contributed by atoms with E-state index in [1.54, 1.807) is 14.2 Å². The molecule has 132 valence electrons. The summed E-state index contributed by atoms with van der Waals surface area (Å²) < 4.78 is 5.26. The smallest absolute Gasteiger partial charge is 0.243 e. The summed E-state index contributed by atoms with van der Waals surface area (Å²) in [5.74, 6) is 0.314. The molecule has 0 radical (unpaired) electrons. The Morgan fingerprint density at radius 1 is 1.12 bits per heavy atom. The number of likely N-dealkylation sites (N-methyl/N-ethyl adjacent to an activating group) is 1. The number of hydrogen-bond acceptors (Lipinski definition) is 3. The maximum Gasteiger partial charge on any atom is 0.243 e. The second-order valence-electron chi connectivity index (χ2n) is 6.10. The molecule has 0 aliphatic heterocycles. The fraction of sp³-hybridized carbons (Fsp3) is 0.300. The fourth-order valence-electron chi connectivity index (χ4n) is 2.51. The maximum absolute atomic E-state index is 12.4. The number of carbonyl (C=O) groups excluding carboxylic acids is 2. The molecule has 0 aliphatic rings. The molecule has 0 aromatic heterocycles. The van der Waals surface area contributed by atoms with E-state index in [9.17, 15) is 9.59 Å². The number of anilines is 1. The Morgan fingerprint density at radius 2 is 1.84 bits per heavy atom. The third-order valence-electron chi connectivity index (χ3n) is 4.01. The molecule has 1 N–H and O–H groups in total. The number of nitrogens with zero attached hydrogens (tertiary/aromatic N) is 1. The van der Waals surface area contributed by atoms with Gasteiger partial charge in [-0.2, -0.15) is 0 Å². The number of para-hydroxylation sites is 1. The van der Waals surface area contributed by atoms with E-state index in [0.29, 0.717) is 5.75 Å². The van der Waals surface area contributed by atoms with Crippen molar-refractivity contribution in [2.75, 3.05) is 26.0 Å². The van der Waals surface area contributed by atoms with Crippen LogP contribution in [0.1, 0.15) is 16.7 Å². The van der Waals surface area contributed by atoms with Gasteiger partial charge in [-0.3, -0.25) is 9.59 Å². The minimum atomic E-state index is -0.218. The first kappa shape index (κ1) is 18.5. The first-order valence-electron chi connectivity index (χ1n) is 8.13. The zero-order valence-electron chi connectivity index (χ0n) is 15.1. The van der Waals surface area contributed by atoms with E-state index in [-0.39, 0.29) is 24.8 Å². The summed E-state index contributed by atoms with van der Waals surface area (Å²) in [4.78, 5) is 26.0. The van der Waals surface area contributed by atoms with E-state index in [1.165, 1.54) is 4.90 Å². The normalized spacial score (nSPS) is 10.2. The SMILES string of the molecule is COc1ccccc1CC(=O)N(C)CC(=O)Nc1cc(C)ccc1C. The number of aryl methyl sites for hydroxylation is 2. The number of rotatable bonds is 6. The first-order chi connectivity index (χ1) is 11.9. The van der Waals surface area contributed by atoms with Gasteiger partial charge in [-0.05, 0) is 37.1 Å². The minimum absolute atomic E-state index is 0.00135. The molecule has 0 bridgehead atoms. The van der Waals surface area contributed by atoms with Crippen LogP contribution >= 0.6 is 0 Å². The van der Waals surface area contributed by atoms with Gasteiger partial charge in [0, 0.05) is 18.3 Å². The molecule has 0 heterocycles. The van der Waals surface area contributed by atoms with Crippen LogP contribution in [-0.2, 0) is 16.0 Å². The average Bonchev–Trinajstić information content (AvgIpc) is 2.58. The predicted octanol–water partition coefficient (Wildman–Crippen LogP) is 2.95. The van der Waals surface area contributed by atoms with E-state index in [2.05, 4.69) is 5.32 Å². The topological polar surface area (TPSA) is 58.6 Å². The molecule has 0 saturated carbocycles. The summed E-state index contributed by atoms with van der Waals surface area (Å²) in [6, 6.07) is 13.3. The number of ether oxygens (including phenoxy) is 1. The van der Waals surface area contributed by atoms with Gasteiger partial charge in [-0.15, -0.1) is 0 Å². The van der Waals surface area contributed by atoms with Crippen LogP contribution in [0.5, 0.6) is 5.75 Å². The molecule has 2 amide bonds. The highest BCUT2D eigenvalue weighted by Crippen LogP contribution is 2.19. The van der Waals surface area contributed by atoms with Crippen molar-refractivity contribution in [3.63, 3.8) is 0 Å². The summed E-state index contributed by atoms with van der Waals surface area (Å²) in [5, 5.41) is 2.87. The standard InChI is InChI=1S/C20H24N2O3/c1-14-9-10-15(2)17(11-14)21-19(23)13-22(3)20(24)12-16-7-5-6-8-18(16)25-4/h5-11H,12-13H2,1-4H3,(H,21,23). The monoisotopic (exact) mass is 340 g/mol. The largest absolute Gasteiger partial charge is 0.496 e. The van der Waals surface area contributed by atoms with E-state index in [1.807, 2.05) is 56.3 Å². The van der Waals surface area contributed by atoms with E-state index >= 15 is 0 Å². The van der Waals surface area contributed by atoms with Crippen LogP contribution in [0.3, 0.4) is 0 Å². The Morgan fingerprint density at radius 3 is 2.56 bits per heavy atom. The van der Waals surface area contributed by atoms with Crippen molar-refractivity contribution < 1.29 is 14.3 Å². The number of nitrogens with one attached hydrogen (secondary N) is 1. The Balaban J connectivity index is 1.96. The molecule has 0 atom stereocenters. The van der Waals surface area contributed by atoms with Gasteiger partial charge in [0.15, 0.2) is 0 Å². The summed E-state index contributed by atoms with van der Waals surface area (Å²) in [5.41, 5.74) is 3.64. The Labute approximate surface area is 148 Å². The van der Waals surface area contributed by atoms with E-state index in [0.717, 1.165) is 22.4 Å². The zero-order chi connectivity index (χ0) is 18.4. The van der Waals surface area contributed by atoms with Gasteiger partial charge in [0.1, 0.15) is 5.75 Å². The number of amides is 2. The summed E-state index contributed by atoms with van der Waals surface area (Å²) in [6.45, 7) is 3.91. The molecule has 2 aromatic rings. The quantitative estimate of drug-likeness (QED) is 0.879. The van der Waals surface area contributed by atoms with Crippen LogP contribution in [0.25, 0.3) is 0 Å². The molecule has 0 fully saturated rings. The van der Waals surface area contributed by atoms with Crippen molar-refractivity contribution in [1.29, 1.82) is 0 Å². The average molecular weight is 340 g/mol. The Bertz CT molecular complexity index is 771. The second kappa shape index (κ2) is 8.33. The van der Waals surface area contributed by atoms with Crippen molar-refractivity contribution in [1.82, 2.24) is 4.90 Å². The van der Waals surface area contributed by atoms with Crippen LogP contribution in [0.2, 0.25) is 0 Å². The van der Waals surface area contributed by atoms with Gasteiger partial charge in [-0.25, -0.2) is 0 Å². The zero-order valence-corrected chi connectivity index (χ0v) is 15.1. The predicted molar refractivity (Wildman–Crippen MR) is 98.9 cm³/mol. The van der Waals surface area contributed by atoms with E-state index in [4.69, 9.17) is 4.74 Å². The third kappa shape index (κ3) is 5.08. The molecule has 2 aromatic carbocycles. The van der Waals surface area contributed by atoms with Crippen molar-refractivity contribution in [3.05, 3.63) is 59.2 Å². The molecule has 0 unspecified atom stereocenters. The lowest BCUT2D eigenvalue weighted by Gasteiger charge is -2.18. The van der Waals surface area contributed by atoms with Gasteiger partial charge in [-0.1, -0.05) is 30.3 Å². The molecule has 0 aliphatic carbocycles. The van der Waals surface area contributed by atoms with Crippen molar-refractivity contribution in [2.45, 2.75) is 20.3 Å². The minimum Gasteiger partial charge on any atom is -0.496 e. The Hall–Kier alpha value is -2.82. The molecule has 5 nitrogen and oxygen atoms in total. The second-order valence-corrected chi connectivity index (χ2v) is 6.10. The van der Waals surface area contributed by atoms with Crippen molar-refractivity contribution in [2.24, 2.45) is 0 Å². The highest BCUT2D eigenvalue weighted by molar-refractivity contribution is 5.95. The lowest BCUT2D eigenvalue weighted by molar-refractivity contribution is -0.132. The highest BCUT2D eigenvalue weighted by atomic mass is 16.5. The van der Waals surface area contributed by atoms with Crippen molar-refractivity contribution >= 4 is 17.5 Å². The van der Waals surface area contributed by atoms with Crippen LogP contribution in [0.4, 0.5) is 5.69 Å². The molecule has 5 heteroatoms. The van der Waals surface area contributed by atoms with Gasteiger partial charge in [0.25, 0.3) is 0 Å². The van der Waals surface area contributed by atoms with Crippen molar-refractivity contribution in [3.8, 4) is 5.75 Å². The number of benzene rings is 2. The summed E-state index contributed by atoms with van der Waals surface area (Å²) in [7, 11) is 3.20. The lowest BCUT2D eigenvalue weighted by atomic mass is 10.1. The molecular formula is C20H24N2O3. The maximum atomic E-state index is 12.4. The summed E-state index contributed by atoms with van der Waals surface area (Å²) in [6.07, 6.45) is 0.192. The molecule has 0 spiro atoms. The van der Waals surface area contributed by atoms with Gasteiger partial charge < -0.3 is 15.0 Å². The lowest BCUT2D eigenvalue weighted by Crippen LogP contribution is -2.36. The molecule has 2 rings (SSSR count). The first-order valence-corrected chi connectivity index (χ1v) is 8.13. The molecule has 0 saturated heterocycles. The summed E-state index contributed by atoms with van der Waals surface area (Å²) >= 11 is 0. The fourth-order valence-corrected chi connectivity index (χ4v) is 2.51. The number of carbonyl (C=O) groups is 2. The number of hydrogen-bond donors (Lipinski definition) is 1. The molecule has 25 heavy (non-hydrogen) atoms.